The number of hydrogen-bond acceptors (Lipinski definition) is 3. The van der Waals surface area contributed by atoms with Gasteiger partial charge in [0.05, 0.1) is 6.10 Å². The number of benzene rings is 1. The Labute approximate surface area is 127 Å². The molecule has 0 bridgehead atoms. The van der Waals surface area contributed by atoms with Crippen LogP contribution in [0.3, 0.4) is 0 Å². The van der Waals surface area contributed by atoms with E-state index in [9.17, 15) is 0 Å². The molecule has 1 aromatic rings. The molecule has 0 radical (unpaired) electrons. The van der Waals surface area contributed by atoms with Crippen molar-refractivity contribution in [3.8, 4) is 0 Å². The minimum atomic E-state index is 0.0776. The molecule has 0 spiro atoms. The van der Waals surface area contributed by atoms with Crippen LogP contribution in [0.4, 0.5) is 0 Å². The quantitative estimate of drug-likeness (QED) is 0.907. The van der Waals surface area contributed by atoms with Crippen molar-refractivity contribution in [1.82, 2.24) is 4.90 Å². The standard InChI is InChI=1S/C16H25ClN2O/c1-19(11-13-5-3-4-6-15(13)17)16(12-18)9-7-14(20-2)8-10-16/h3-6,14H,7-12,18H2,1-2H3. The van der Waals surface area contributed by atoms with Crippen molar-refractivity contribution >= 4 is 11.6 Å². The molecular weight excluding hydrogens is 272 g/mol. The Morgan fingerprint density at radius 2 is 2.00 bits per heavy atom. The van der Waals surface area contributed by atoms with E-state index >= 15 is 0 Å². The van der Waals surface area contributed by atoms with E-state index in [1.54, 1.807) is 7.11 Å². The van der Waals surface area contributed by atoms with Gasteiger partial charge in [-0.25, -0.2) is 0 Å². The van der Waals surface area contributed by atoms with Crippen molar-refractivity contribution in [2.45, 2.75) is 43.9 Å². The summed E-state index contributed by atoms with van der Waals surface area (Å²) in [4.78, 5) is 2.38. The summed E-state index contributed by atoms with van der Waals surface area (Å²) in [5.74, 6) is 0. The summed E-state index contributed by atoms with van der Waals surface area (Å²) in [7, 11) is 3.96. The number of likely N-dealkylation sites (N-methyl/N-ethyl adjacent to an activating group) is 1. The van der Waals surface area contributed by atoms with Gasteiger partial charge in [-0.2, -0.15) is 0 Å². The van der Waals surface area contributed by atoms with Crippen LogP contribution in [0.25, 0.3) is 0 Å². The van der Waals surface area contributed by atoms with Crippen molar-refractivity contribution < 1.29 is 4.74 Å². The van der Waals surface area contributed by atoms with E-state index < -0.39 is 0 Å². The lowest BCUT2D eigenvalue weighted by molar-refractivity contribution is 0.000511. The molecule has 20 heavy (non-hydrogen) atoms. The van der Waals surface area contributed by atoms with Crippen LogP contribution in [0, 0.1) is 0 Å². The van der Waals surface area contributed by atoms with Crippen LogP contribution in [0.1, 0.15) is 31.2 Å². The van der Waals surface area contributed by atoms with E-state index in [0.717, 1.165) is 37.3 Å². The van der Waals surface area contributed by atoms with E-state index in [1.807, 2.05) is 18.2 Å². The number of rotatable bonds is 5. The first kappa shape index (κ1) is 15.8. The molecule has 0 atom stereocenters. The molecule has 2 rings (SSSR count). The molecule has 1 aliphatic carbocycles. The van der Waals surface area contributed by atoms with E-state index in [0.29, 0.717) is 12.6 Å². The predicted octanol–water partition coefficient (Wildman–Crippen LogP) is 3.06. The maximum absolute atomic E-state index is 6.26. The monoisotopic (exact) mass is 296 g/mol. The Morgan fingerprint density at radius 3 is 2.55 bits per heavy atom. The van der Waals surface area contributed by atoms with Gasteiger partial charge in [0, 0.05) is 30.8 Å². The molecule has 0 heterocycles. The van der Waals surface area contributed by atoms with Crippen LogP contribution in [-0.2, 0) is 11.3 Å². The van der Waals surface area contributed by atoms with Gasteiger partial charge in [-0.3, -0.25) is 4.90 Å². The molecule has 0 aromatic heterocycles. The molecule has 0 amide bonds. The first-order valence-corrected chi connectivity index (χ1v) is 7.66. The van der Waals surface area contributed by atoms with Gasteiger partial charge in [-0.15, -0.1) is 0 Å². The second-order valence-electron chi connectivity index (χ2n) is 5.81. The zero-order valence-electron chi connectivity index (χ0n) is 12.4. The average molecular weight is 297 g/mol. The molecule has 4 heteroatoms. The minimum absolute atomic E-state index is 0.0776. The van der Waals surface area contributed by atoms with Gasteiger partial charge in [-0.1, -0.05) is 29.8 Å². The second kappa shape index (κ2) is 6.90. The molecule has 0 unspecified atom stereocenters. The summed E-state index contributed by atoms with van der Waals surface area (Å²) in [6, 6.07) is 8.03. The number of methoxy groups -OCH3 is 1. The highest BCUT2D eigenvalue weighted by Gasteiger charge is 2.37. The van der Waals surface area contributed by atoms with Gasteiger partial charge < -0.3 is 10.5 Å². The molecule has 2 N–H and O–H groups in total. The molecule has 0 saturated heterocycles. The van der Waals surface area contributed by atoms with Crippen LogP contribution in [0.2, 0.25) is 5.02 Å². The van der Waals surface area contributed by atoms with E-state index in [2.05, 4.69) is 18.0 Å². The molecule has 1 aromatic carbocycles. The van der Waals surface area contributed by atoms with Gasteiger partial charge in [-0.05, 0) is 44.4 Å². The number of hydrogen-bond donors (Lipinski definition) is 1. The largest absolute Gasteiger partial charge is 0.381 e. The van der Waals surface area contributed by atoms with Gasteiger partial charge in [0.1, 0.15) is 0 Å². The Morgan fingerprint density at radius 1 is 1.35 bits per heavy atom. The number of nitrogens with zero attached hydrogens (tertiary/aromatic N) is 1. The Kier molecular flexibility index (Phi) is 5.44. The molecular formula is C16H25ClN2O. The van der Waals surface area contributed by atoms with E-state index in [4.69, 9.17) is 22.1 Å². The van der Waals surface area contributed by atoms with Gasteiger partial charge in [0.25, 0.3) is 0 Å². The van der Waals surface area contributed by atoms with Crippen LogP contribution in [0.15, 0.2) is 24.3 Å². The third kappa shape index (κ3) is 3.34. The van der Waals surface area contributed by atoms with E-state index in [1.165, 1.54) is 5.56 Å². The lowest BCUT2D eigenvalue weighted by atomic mass is 9.79. The van der Waals surface area contributed by atoms with E-state index in [-0.39, 0.29) is 5.54 Å². The first-order valence-electron chi connectivity index (χ1n) is 7.29. The van der Waals surface area contributed by atoms with Crippen LogP contribution in [0.5, 0.6) is 0 Å². The third-order valence-corrected chi connectivity index (χ3v) is 5.12. The average Bonchev–Trinajstić information content (AvgIpc) is 2.49. The van der Waals surface area contributed by atoms with Gasteiger partial charge in [0.15, 0.2) is 0 Å². The summed E-state index contributed by atoms with van der Waals surface area (Å²) in [5, 5.41) is 0.831. The van der Waals surface area contributed by atoms with Crippen LogP contribution < -0.4 is 5.73 Å². The number of halogens is 1. The third-order valence-electron chi connectivity index (χ3n) is 4.75. The van der Waals surface area contributed by atoms with Crippen molar-refractivity contribution in [2.24, 2.45) is 5.73 Å². The zero-order chi connectivity index (χ0) is 14.6. The second-order valence-corrected chi connectivity index (χ2v) is 6.22. The van der Waals surface area contributed by atoms with Gasteiger partial charge >= 0.3 is 0 Å². The summed E-state index contributed by atoms with van der Waals surface area (Å²) >= 11 is 6.26. The van der Waals surface area contributed by atoms with Crippen molar-refractivity contribution in [2.75, 3.05) is 20.7 Å². The molecule has 3 nitrogen and oxygen atoms in total. The fourth-order valence-electron chi connectivity index (χ4n) is 3.16. The zero-order valence-corrected chi connectivity index (χ0v) is 13.2. The summed E-state index contributed by atoms with van der Waals surface area (Å²) in [5.41, 5.74) is 7.35. The van der Waals surface area contributed by atoms with Crippen molar-refractivity contribution in [3.63, 3.8) is 0 Å². The summed E-state index contributed by atoms with van der Waals surface area (Å²) in [6.07, 6.45) is 4.73. The molecule has 0 aliphatic heterocycles. The lowest BCUT2D eigenvalue weighted by Crippen LogP contribution is -2.54. The highest BCUT2D eigenvalue weighted by molar-refractivity contribution is 6.31. The minimum Gasteiger partial charge on any atom is -0.381 e. The first-order chi connectivity index (χ1) is 9.61. The molecule has 1 saturated carbocycles. The van der Waals surface area contributed by atoms with Crippen molar-refractivity contribution in [1.29, 1.82) is 0 Å². The summed E-state index contributed by atoms with van der Waals surface area (Å²) in [6.45, 7) is 1.53. The lowest BCUT2D eigenvalue weighted by Gasteiger charge is -2.45. The number of ether oxygens (including phenoxy) is 1. The fraction of sp³-hybridized carbons (Fsp3) is 0.625. The predicted molar refractivity (Wildman–Crippen MR) is 84.0 cm³/mol. The van der Waals surface area contributed by atoms with Crippen molar-refractivity contribution in [3.05, 3.63) is 34.9 Å². The molecule has 1 fully saturated rings. The Balaban J connectivity index is 2.06. The van der Waals surface area contributed by atoms with Gasteiger partial charge in [0.2, 0.25) is 0 Å². The Bertz CT molecular complexity index is 430. The normalized spacial score (nSPS) is 26.9. The summed E-state index contributed by atoms with van der Waals surface area (Å²) < 4.78 is 5.47. The maximum Gasteiger partial charge on any atom is 0.0572 e. The van der Waals surface area contributed by atoms with Crippen LogP contribution in [-0.4, -0.2) is 37.2 Å². The highest BCUT2D eigenvalue weighted by atomic mass is 35.5. The van der Waals surface area contributed by atoms with Crippen LogP contribution >= 0.6 is 11.6 Å². The smallest absolute Gasteiger partial charge is 0.0572 e. The Hall–Kier alpha value is -0.610. The number of nitrogens with two attached hydrogens (primary N) is 1. The topological polar surface area (TPSA) is 38.5 Å². The SMILES string of the molecule is COC1CCC(CN)(N(C)Cc2ccccc2Cl)CC1. The molecule has 1 aliphatic rings. The fourth-order valence-corrected chi connectivity index (χ4v) is 3.35. The molecule has 112 valence electrons. The highest BCUT2D eigenvalue weighted by Crippen LogP contribution is 2.34. The maximum atomic E-state index is 6.26.